The second-order valence-electron chi connectivity index (χ2n) is 5.75. The maximum Gasteiger partial charge on any atom is 0.349 e. The fourth-order valence-electron chi connectivity index (χ4n) is 3.15. The molecule has 2 N–H and O–H groups in total. The van der Waals surface area contributed by atoms with Gasteiger partial charge in [-0.25, -0.2) is 13.2 Å². The Balaban J connectivity index is 0.00000225. The lowest BCUT2D eigenvalue weighted by Gasteiger charge is -2.33. The first-order chi connectivity index (χ1) is 11.5. The van der Waals surface area contributed by atoms with E-state index in [1.165, 1.54) is 11.4 Å². The third-order valence-electron chi connectivity index (χ3n) is 4.33. The number of rotatable bonds is 4. The molecule has 1 fully saturated rings. The molecule has 9 heteroatoms. The summed E-state index contributed by atoms with van der Waals surface area (Å²) in [6, 6.07) is 6.90. The molecule has 0 amide bonds. The summed E-state index contributed by atoms with van der Waals surface area (Å²) in [4.78, 5) is 12.3. The quantitative estimate of drug-likeness (QED) is 0.791. The van der Waals surface area contributed by atoms with E-state index in [4.69, 9.17) is 10.5 Å². The van der Waals surface area contributed by atoms with E-state index in [1.807, 2.05) is 12.1 Å². The first-order valence-electron chi connectivity index (χ1n) is 7.82. The fourth-order valence-corrected chi connectivity index (χ4v) is 6.63. The van der Waals surface area contributed by atoms with Crippen molar-refractivity contribution in [2.45, 2.75) is 30.2 Å². The summed E-state index contributed by atoms with van der Waals surface area (Å²) in [7, 11) is -2.57. The first-order valence-corrected chi connectivity index (χ1v) is 10.1. The molecule has 1 aliphatic heterocycles. The summed E-state index contributed by atoms with van der Waals surface area (Å²) in [5.74, 6) is -0.629. The number of sulfonamides is 1. The molecule has 1 atom stereocenters. The van der Waals surface area contributed by atoms with Crippen molar-refractivity contribution in [2.75, 3.05) is 20.2 Å². The molecule has 1 aliphatic rings. The number of benzene rings is 1. The molecule has 0 aliphatic carbocycles. The lowest BCUT2D eigenvalue weighted by atomic mass is 10.1. The minimum Gasteiger partial charge on any atom is -0.465 e. The molecule has 0 spiro atoms. The molecule has 2 aromatic rings. The molecular weight excluding hydrogens is 384 g/mol. The zero-order valence-electron chi connectivity index (χ0n) is 13.8. The predicted octanol–water partition coefficient (Wildman–Crippen LogP) is 2.61. The van der Waals surface area contributed by atoms with Crippen LogP contribution >= 0.6 is 23.7 Å². The smallest absolute Gasteiger partial charge is 0.349 e. The Bertz CT molecular complexity index is 866. The second kappa shape index (κ2) is 8.01. The van der Waals surface area contributed by atoms with Gasteiger partial charge in [0.25, 0.3) is 0 Å². The minimum atomic E-state index is -3.83. The van der Waals surface area contributed by atoms with Crippen molar-refractivity contribution in [3.8, 4) is 0 Å². The van der Waals surface area contributed by atoms with Crippen LogP contribution in [0.25, 0.3) is 10.1 Å². The SMILES string of the molecule is COC(=O)c1sc2ccccc2c1S(=O)(=O)N1CCCCC1CN.Cl. The van der Waals surface area contributed by atoms with Crippen molar-refractivity contribution < 1.29 is 17.9 Å². The Morgan fingerprint density at radius 3 is 2.76 bits per heavy atom. The van der Waals surface area contributed by atoms with Gasteiger partial charge in [0.15, 0.2) is 0 Å². The number of ether oxygens (including phenoxy) is 1. The van der Waals surface area contributed by atoms with E-state index >= 15 is 0 Å². The number of methoxy groups -OCH3 is 1. The molecule has 3 rings (SSSR count). The van der Waals surface area contributed by atoms with Crippen LogP contribution in [-0.4, -0.2) is 44.9 Å². The standard InChI is InChI=1S/C16H20N2O4S2.ClH/c1-22-16(19)14-15(12-7-2-3-8-13(12)23-14)24(20,21)18-9-5-4-6-11(18)10-17;/h2-3,7-8,11H,4-6,9-10,17H2,1H3;1H. The molecule has 1 aromatic carbocycles. The van der Waals surface area contributed by atoms with Gasteiger partial charge in [-0.05, 0) is 18.9 Å². The Morgan fingerprint density at radius 2 is 2.08 bits per heavy atom. The van der Waals surface area contributed by atoms with Gasteiger partial charge in [0.2, 0.25) is 10.0 Å². The van der Waals surface area contributed by atoms with Gasteiger partial charge in [-0.2, -0.15) is 4.31 Å². The van der Waals surface area contributed by atoms with Crippen LogP contribution < -0.4 is 5.73 Å². The van der Waals surface area contributed by atoms with Crippen LogP contribution in [0.4, 0.5) is 0 Å². The van der Waals surface area contributed by atoms with E-state index in [1.54, 1.807) is 12.1 Å². The van der Waals surface area contributed by atoms with E-state index in [-0.39, 0.29) is 34.8 Å². The van der Waals surface area contributed by atoms with Gasteiger partial charge in [0.05, 0.1) is 7.11 Å². The average molecular weight is 405 g/mol. The van der Waals surface area contributed by atoms with Crippen molar-refractivity contribution in [3.05, 3.63) is 29.1 Å². The van der Waals surface area contributed by atoms with Gasteiger partial charge in [-0.15, -0.1) is 23.7 Å². The highest BCUT2D eigenvalue weighted by Gasteiger charge is 2.37. The normalized spacial score (nSPS) is 18.7. The zero-order chi connectivity index (χ0) is 17.3. The van der Waals surface area contributed by atoms with Gasteiger partial charge in [-0.3, -0.25) is 0 Å². The zero-order valence-corrected chi connectivity index (χ0v) is 16.3. The largest absolute Gasteiger partial charge is 0.465 e. The van der Waals surface area contributed by atoms with Gasteiger partial charge < -0.3 is 10.5 Å². The highest BCUT2D eigenvalue weighted by Crippen LogP contribution is 2.38. The maximum absolute atomic E-state index is 13.3. The first kappa shape index (κ1) is 20.1. The number of hydrogen-bond donors (Lipinski definition) is 1. The Morgan fingerprint density at radius 1 is 1.36 bits per heavy atom. The lowest BCUT2D eigenvalue weighted by molar-refractivity contribution is 0.0602. The van der Waals surface area contributed by atoms with Crippen LogP contribution in [0, 0.1) is 0 Å². The molecular formula is C16H21ClN2O4S2. The van der Waals surface area contributed by atoms with E-state index in [2.05, 4.69) is 0 Å². The number of carbonyl (C=O) groups excluding carboxylic acids is 1. The number of nitrogens with two attached hydrogens (primary N) is 1. The number of nitrogens with zero attached hydrogens (tertiary/aromatic N) is 1. The molecule has 0 bridgehead atoms. The molecule has 1 aromatic heterocycles. The monoisotopic (exact) mass is 404 g/mol. The number of thiophene rings is 1. The van der Waals surface area contributed by atoms with Crippen molar-refractivity contribution in [1.82, 2.24) is 4.31 Å². The summed E-state index contributed by atoms with van der Waals surface area (Å²) >= 11 is 1.14. The molecule has 1 unspecified atom stereocenters. The maximum atomic E-state index is 13.3. The van der Waals surface area contributed by atoms with Crippen LogP contribution in [0.2, 0.25) is 0 Å². The van der Waals surface area contributed by atoms with E-state index in [9.17, 15) is 13.2 Å². The third kappa shape index (κ3) is 3.54. The van der Waals surface area contributed by atoms with Crippen LogP contribution in [0.1, 0.15) is 28.9 Å². The summed E-state index contributed by atoms with van der Waals surface area (Å²) in [5, 5.41) is 0.559. The number of halogens is 1. The van der Waals surface area contributed by atoms with E-state index in [0.717, 1.165) is 35.3 Å². The number of fused-ring (bicyclic) bond motifs is 1. The van der Waals surface area contributed by atoms with E-state index in [0.29, 0.717) is 11.9 Å². The van der Waals surface area contributed by atoms with Crippen LogP contribution in [-0.2, 0) is 14.8 Å². The minimum absolute atomic E-state index is 0. The summed E-state index contributed by atoms with van der Waals surface area (Å²) < 4.78 is 33.7. The number of esters is 1. The highest BCUT2D eigenvalue weighted by molar-refractivity contribution is 7.89. The summed E-state index contributed by atoms with van der Waals surface area (Å²) in [6.45, 7) is 0.698. The molecule has 0 radical (unpaired) electrons. The molecule has 138 valence electrons. The molecule has 1 saturated heterocycles. The molecule has 6 nitrogen and oxygen atoms in total. The number of piperidine rings is 1. The Kier molecular flexibility index (Phi) is 6.45. The van der Waals surface area contributed by atoms with Crippen molar-refractivity contribution in [3.63, 3.8) is 0 Å². The third-order valence-corrected chi connectivity index (χ3v) is 7.65. The van der Waals surface area contributed by atoms with Crippen LogP contribution in [0.3, 0.4) is 0 Å². The van der Waals surface area contributed by atoms with Gasteiger partial charge in [0, 0.05) is 29.2 Å². The predicted molar refractivity (Wildman–Crippen MR) is 101 cm³/mol. The van der Waals surface area contributed by atoms with Gasteiger partial charge >= 0.3 is 5.97 Å². The molecule has 0 saturated carbocycles. The average Bonchev–Trinajstić information content (AvgIpc) is 3.01. The molecule has 2 heterocycles. The number of carbonyl (C=O) groups is 1. The highest BCUT2D eigenvalue weighted by atomic mass is 35.5. The summed E-state index contributed by atoms with van der Waals surface area (Å²) in [5.41, 5.74) is 5.79. The summed E-state index contributed by atoms with van der Waals surface area (Å²) in [6.07, 6.45) is 2.50. The van der Waals surface area contributed by atoms with Crippen LogP contribution in [0.5, 0.6) is 0 Å². The van der Waals surface area contributed by atoms with Crippen molar-refractivity contribution in [2.24, 2.45) is 5.73 Å². The van der Waals surface area contributed by atoms with Gasteiger partial charge in [-0.1, -0.05) is 24.6 Å². The topological polar surface area (TPSA) is 89.7 Å². The second-order valence-corrected chi connectivity index (χ2v) is 8.63. The van der Waals surface area contributed by atoms with E-state index < -0.39 is 16.0 Å². The molecule has 25 heavy (non-hydrogen) atoms. The van der Waals surface area contributed by atoms with Gasteiger partial charge in [0.1, 0.15) is 9.77 Å². The number of hydrogen-bond acceptors (Lipinski definition) is 6. The Labute approximate surface area is 157 Å². The van der Waals surface area contributed by atoms with Crippen LogP contribution in [0.15, 0.2) is 29.2 Å². The fraction of sp³-hybridized carbons (Fsp3) is 0.438. The van der Waals surface area contributed by atoms with Crippen molar-refractivity contribution in [1.29, 1.82) is 0 Å². The lowest BCUT2D eigenvalue weighted by Crippen LogP contribution is -2.47. The Hall–Kier alpha value is -1.19. The van der Waals surface area contributed by atoms with Crippen molar-refractivity contribution >= 4 is 49.8 Å².